The summed E-state index contributed by atoms with van der Waals surface area (Å²) < 4.78 is 47.6. The third kappa shape index (κ3) is 42.0. The monoisotopic (exact) mass is 913 g/mol. The number of phosphoric ester groups is 2. The molecular formula is C44H82O15P2. The Kier molecular flexibility index (Phi) is 37.6. The molecule has 0 fully saturated rings. The zero-order valence-corrected chi connectivity index (χ0v) is 39.2. The molecule has 5 atom stereocenters. The SMILES string of the molecule is CCCCC/C=C\C/C=C\C/C=C\CC(O)C(O)CCCC(=O)OC[C@H](COP(=O)(O)OC[C@@H](O)COP(=O)(O)O)OC(=O)CCCCCCCCCCCCCCC(C)C. The van der Waals surface area contributed by atoms with Crippen LogP contribution in [-0.2, 0) is 41.8 Å². The highest BCUT2D eigenvalue weighted by Gasteiger charge is 2.28. The zero-order valence-electron chi connectivity index (χ0n) is 37.4. The Morgan fingerprint density at radius 3 is 1.67 bits per heavy atom. The summed E-state index contributed by atoms with van der Waals surface area (Å²) in [6.45, 7) is 3.72. The van der Waals surface area contributed by atoms with Crippen LogP contribution in [0, 0.1) is 5.92 Å². The number of allylic oxidation sites excluding steroid dienone is 5. The summed E-state index contributed by atoms with van der Waals surface area (Å²) in [6.07, 6.45) is 28.9. The van der Waals surface area contributed by atoms with Crippen molar-refractivity contribution >= 4 is 27.6 Å². The lowest BCUT2D eigenvalue weighted by Gasteiger charge is -2.20. The van der Waals surface area contributed by atoms with Gasteiger partial charge in [-0.05, 0) is 57.3 Å². The van der Waals surface area contributed by atoms with Crippen molar-refractivity contribution < 1.29 is 71.8 Å². The van der Waals surface area contributed by atoms with Gasteiger partial charge in [-0.2, -0.15) is 0 Å². The summed E-state index contributed by atoms with van der Waals surface area (Å²) in [6, 6.07) is 0. The number of carbonyl (C=O) groups excluding carboxylic acids is 2. The first-order valence-electron chi connectivity index (χ1n) is 22.7. The van der Waals surface area contributed by atoms with Crippen molar-refractivity contribution in [2.24, 2.45) is 5.92 Å². The summed E-state index contributed by atoms with van der Waals surface area (Å²) in [7, 11) is -9.77. The van der Waals surface area contributed by atoms with Crippen molar-refractivity contribution in [1.29, 1.82) is 0 Å². The van der Waals surface area contributed by atoms with E-state index in [0.29, 0.717) is 12.8 Å². The molecule has 0 rings (SSSR count). The Bertz CT molecular complexity index is 1270. The summed E-state index contributed by atoms with van der Waals surface area (Å²) in [4.78, 5) is 52.8. The summed E-state index contributed by atoms with van der Waals surface area (Å²) in [5.74, 6) is -0.536. The van der Waals surface area contributed by atoms with Crippen LogP contribution < -0.4 is 0 Å². The highest BCUT2D eigenvalue weighted by molar-refractivity contribution is 7.47. The van der Waals surface area contributed by atoms with Crippen molar-refractivity contribution in [2.45, 2.75) is 199 Å². The van der Waals surface area contributed by atoms with Crippen molar-refractivity contribution in [2.75, 3.05) is 26.4 Å². The molecule has 0 aliphatic rings. The van der Waals surface area contributed by atoms with Gasteiger partial charge >= 0.3 is 27.6 Å². The van der Waals surface area contributed by atoms with E-state index in [1.807, 2.05) is 12.2 Å². The third-order valence-corrected chi connectivity index (χ3v) is 11.1. The van der Waals surface area contributed by atoms with Crippen LogP contribution in [0.25, 0.3) is 0 Å². The molecular weight excluding hydrogens is 830 g/mol. The van der Waals surface area contributed by atoms with Gasteiger partial charge in [0.2, 0.25) is 0 Å². The number of esters is 2. The molecule has 0 aliphatic heterocycles. The van der Waals surface area contributed by atoms with Crippen molar-refractivity contribution in [3.63, 3.8) is 0 Å². The van der Waals surface area contributed by atoms with Gasteiger partial charge in [-0.15, -0.1) is 0 Å². The number of hydrogen-bond acceptors (Lipinski definition) is 12. The molecule has 61 heavy (non-hydrogen) atoms. The molecule has 0 radical (unpaired) electrons. The Morgan fingerprint density at radius 2 is 1.08 bits per heavy atom. The lowest BCUT2D eigenvalue weighted by molar-refractivity contribution is -0.161. The van der Waals surface area contributed by atoms with Gasteiger partial charge in [-0.25, -0.2) is 9.13 Å². The Hall–Kier alpha value is -1.74. The minimum absolute atomic E-state index is 0.0727. The number of ether oxygens (including phenoxy) is 2. The van der Waals surface area contributed by atoms with Crippen molar-refractivity contribution in [3.8, 4) is 0 Å². The van der Waals surface area contributed by atoms with Crippen LogP contribution in [0.1, 0.15) is 175 Å². The first kappa shape index (κ1) is 59.3. The molecule has 0 aromatic carbocycles. The van der Waals surface area contributed by atoms with Crippen LogP contribution >= 0.6 is 15.6 Å². The molecule has 0 bridgehead atoms. The minimum atomic E-state index is -4.89. The second kappa shape index (κ2) is 38.7. The first-order chi connectivity index (χ1) is 29.0. The van der Waals surface area contributed by atoms with Crippen LogP contribution in [0.4, 0.5) is 0 Å². The highest BCUT2D eigenvalue weighted by Crippen LogP contribution is 2.43. The maximum atomic E-state index is 12.7. The quantitative estimate of drug-likeness (QED) is 0.0145. The molecule has 0 saturated carbocycles. The van der Waals surface area contributed by atoms with Crippen LogP contribution in [0.15, 0.2) is 36.5 Å². The van der Waals surface area contributed by atoms with E-state index in [2.05, 4.69) is 48.0 Å². The lowest BCUT2D eigenvalue weighted by atomic mass is 10.0. The van der Waals surface area contributed by atoms with Crippen LogP contribution in [0.5, 0.6) is 0 Å². The van der Waals surface area contributed by atoms with Crippen LogP contribution in [0.2, 0.25) is 0 Å². The standard InChI is InChI=1S/C44H82O15P2/c1-4-5-6-7-8-9-10-14-17-20-23-26-30-41(46)42(47)31-28-33-43(48)55-36-40(37-58-61(53,54)57-35-39(45)34-56-60(50,51)52)59-44(49)32-27-24-21-18-15-12-11-13-16-19-22-25-29-38(2)3/h8-9,14,17,23,26,38-42,45-47H,4-7,10-13,15-16,18-22,24-25,27-37H2,1-3H3,(H,53,54)(H2,50,51,52)/b9-8-,17-14-,26-23-/t39-,40+,41?,42?/m0/s1. The summed E-state index contributed by atoms with van der Waals surface area (Å²) in [5.41, 5.74) is 0. The van der Waals surface area contributed by atoms with Crippen LogP contribution in [0.3, 0.4) is 0 Å². The number of rotatable bonds is 42. The van der Waals surface area contributed by atoms with Crippen molar-refractivity contribution in [1.82, 2.24) is 0 Å². The number of phosphoric acid groups is 2. The molecule has 6 N–H and O–H groups in total. The molecule has 358 valence electrons. The van der Waals surface area contributed by atoms with Gasteiger partial charge in [0.25, 0.3) is 0 Å². The zero-order chi connectivity index (χ0) is 45.6. The molecule has 17 heteroatoms. The molecule has 0 aliphatic carbocycles. The number of hydrogen-bond donors (Lipinski definition) is 6. The lowest BCUT2D eigenvalue weighted by Crippen LogP contribution is -2.30. The summed E-state index contributed by atoms with van der Waals surface area (Å²) in [5, 5.41) is 30.4. The summed E-state index contributed by atoms with van der Waals surface area (Å²) >= 11 is 0. The fourth-order valence-corrected chi connectivity index (χ4v) is 7.20. The Balaban J connectivity index is 4.72. The van der Waals surface area contributed by atoms with E-state index < -0.39 is 78.4 Å². The first-order valence-corrected chi connectivity index (χ1v) is 25.7. The average molecular weight is 913 g/mol. The average Bonchev–Trinajstić information content (AvgIpc) is 3.20. The van der Waals surface area contributed by atoms with Gasteiger partial charge < -0.3 is 39.5 Å². The predicted octanol–water partition coefficient (Wildman–Crippen LogP) is 9.47. The highest BCUT2D eigenvalue weighted by atomic mass is 31.2. The fourth-order valence-electron chi connectivity index (χ4n) is 6.05. The molecule has 0 heterocycles. The number of aliphatic hydroxyl groups is 3. The number of unbranched alkanes of at least 4 members (excludes halogenated alkanes) is 14. The second-order valence-electron chi connectivity index (χ2n) is 16.1. The molecule has 0 saturated heterocycles. The molecule has 0 spiro atoms. The molecule has 0 amide bonds. The smallest absolute Gasteiger partial charge is 0.462 e. The van der Waals surface area contributed by atoms with Gasteiger partial charge in [-0.1, -0.05) is 147 Å². The number of aliphatic hydroxyl groups excluding tert-OH is 3. The van der Waals surface area contributed by atoms with E-state index in [4.69, 9.17) is 23.8 Å². The largest absolute Gasteiger partial charge is 0.472 e. The van der Waals surface area contributed by atoms with E-state index in [9.17, 15) is 38.9 Å². The van der Waals surface area contributed by atoms with Crippen LogP contribution in [-0.4, -0.2) is 92.8 Å². The van der Waals surface area contributed by atoms with Gasteiger partial charge in [0.15, 0.2) is 6.10 Å². The van der Waals surface area contributed by atoms with Gasteiger partial charge in [0.05, 0.1) is 32.0 Å². The fraction of sp³-hybridized carbons (Fsp3) is 0.818. The topological polar surface area (TPSA) is 236 Å². The van der Waals surface area contributed by atoms with E-state index in [1.165, 1.54) is 70.6 Å². The Labute approximate surface area is 366 Å². The van der Waals surface area contributed by atoms with Crippen molar-refractivity contribution in [3.05, 3.63) is 36.5 Å². The van der Waals surface area contributed by atoms with Gasteiger partial charge in [0.1, 0.15) is 12.7 Å². The Morgan fingerprint density at radius 1 is 0.557 bits per heavy atom. The minimum Gasteiger partial charge on any atom is -0.462 e. The van der Waals surface area contributed by atoms with E-state index >= 15 is 0 Å². The molecule has 3 unspecified atom stereocenters. The molecule has 0 aromatic rings. The third-order valence-electron chi connectivity index (χ3n) is 9.65. The maximum Gasteiger partial charge on any atom is 0.472 e. The van der Waals surface area contributed by atoms with E-state index in [1.54, 1.807) is 6.08 Å². The maximum absolute atomic E-state index is 12.7. The normalized spacial score (nSPS) is 15.4. The van der Waals surface area contributed by atoms with E-state index in [-0.39, 0.29) is 32.1 Å². The second-order valence-corrected chi connectivity index (χ2v) is 18.8. The van der Waals surface area contributed by atoms with Gasteiger partial charge in [-0.3, -0.25) is 23.2 Å². The van der Waals surface area contributed by atoms with E-state index in [0.717, 1.165) is 44.4 Å². The predicted molar refractivity (Wildman–Crippen MR) is 237 cm³/mol. The van der Waals surface area contributed by atoms with Gasteiger partial charge in [0, 0.05) is 12.8 Å². The molecule has 15 nitrogen and oxygen atoms in total. The molecule has 0 aromatic heterocycles. The number of carbonyl (C=O) groups is 2.